The number of furan rings is 1. The fraction of sp³-hybridized carbons (Fsp3) is 0.471. The van der Waals surface area contributed by atoms with Crippen LogP contribution in [0.15, 0.2) is 22.6 Å². The molecule has 2 heterocycles. The number of hydrogen-bond acceptors (Lipinski definition) is 3. The van der Waals surface area contributed by atoms with E-state index in [0.29, 0.717) is 24.8 Å². The monoisotopic (exact) mass is 287 g/mol. The minimum Gasteiger partial charge on any atom is -0.450 e. The number of rotatable bonds is 2. The normalized spacial score (nSPS) is 16.6. The quantitative estimate of drug-likeness (QED) is 0.924. The van der Waals surface area contributed by atoms with Gasteiger partial charge in [-0.25, -0.2) is 0 Å². The summed E-state index contributed by atoms with van der Waals surface area (Å²) in [6, 6.07) is 5.98. The number of nitrogens with zero attached hydrogens (tertiary/aromatic N) is 1. The number of carbonyl (C=O) groups is 1. The molecule has 0 spiro atoms. The van der Waals surface area contributed by atoms with Crippen LogP contribution in [-0.4, -0.2) is 35.6 Å². The zero-order valence-corrected chi connectivity index (χ0v) is 12.6. The van der Waals surface area contributed by atoms with E-state index in [1.165, 1.54) is 0 Å². The molecule has 1 N–H and O–H groups in total. The van der Waals surface area contributed by atoms with Crippen molar-refractivity contribution >= 4 is 16.9 Å². The first-order chi connectivity index (χ1) is 10.1. The van der Waals surface area contributed by atoms with E-state index < -0.39 is 0 Å². The molecule has 0 aliphatic carbocycles. The van der Waals surface area contributed by atoms with Gasteiger partial charge in [-0.2, -0.15) is 0 Å². The molecule has 0 atom stereocenters. The Bertz CT molecular complexity index is 666. The molecule has 3 rings (SSSR count). The van der Waals surface area contributed by atoms with Gasteiger partial charge in [0.25, 0.3) is 5.91 Å². The maximum atomic E-state index is 12.7. The molecule has 4 heteroatoms. The Hall–Kier alpha value is -1.81. The highest BCUT2D eigenvalue weighted by molar-refractivity contribution is 5.99. The van der Waals surface area contributed by atoms with Gasteiger partial charge in [-0.15, -0.1) is 0 Å². The van der Waals surface area contributed by atoms with Gasteiger partial charge >= 0.3 is 0 Å². The van der Waals surface area contributed by atoms with Crippen LogP contribution in [0.25, 0.3) is 11.0 Å². The SMILES string of the molecule is Cc1c(C(=O)N2CCC(CO)CC2)oc2c(C)cccc12. The predicted molar refractivity (Wildman–Crippen MR) is 81.4 cm³/mol. The number of hydrogen-bond donors (Lipinski definition) is 1. The lowest BCUT2D eigenvalue weighted by atomic mass is 9.97. The molecule has 1 aliphatic heterocycles. The largest absolute Gasteiger partial charge is 0.450 e. The molecule has 21 heavy (non-hydrogen) atoms. The molecule has 112 valence electrons. The molecular formula is C17H21NO3. The Labute approximate surface area is 124 Å². The lowest BCUT2D eigenvalue weighted by Gasteiger charge is -2.30. The van der Waals surface area contributed by atoms with Gasteiger partial charge in [0.15, 0.2) is 5.76 Å². The number of benzene rings is 1. The maximum Gasteiger partial charge on any atom is 0.289 e. The number of aliphatic hydroxyl groups is 1. The number of para-hydroxylation sites is 1. The van der Waals surface area contributed by atoms with E-state index in [0.717, 1.165) is 34.9 Å². The molecule has 2 aromatic rings. The van der Waals surface area contributed by atoms with Crippen LogP contribution in [0.4, 0.5) is 0 Å². The summed E-state index contributed by atoms with van der Waals surface area (Å²) < 4.78 is 5.86. The van der Waals surface area contributed by atoms with Gasteiger partial charge in [-0.1, -0.05) is 18.2 Å². The summed E-state index contributed by atoms with van der Waals surface area (Å²) in [5.41, 5.74) is 2.78. The van der Waals surface area contributed by atoms with E-state index in [1.807, 2.05) is 36.9 Å². The molecule has 0 saturated carbocycles. The second-order valence-corrected chi connectivity index (χ2v) is 5.93. The average molecular weight is 287 g/mol. The van der Waals surface area contributed by atoms with E-state index in [1.54, 1.807) is 0 Å². The molecule has 0 radical (unpaired) electrons. The zero-order chi connectivity index (χ0) is 15.0. The molecule has 1 amide bonds. The number of aryl methyl sites for hydroxylation is 2. The first-order valence-electron chi connectivity index (χ1n) is 7.50. The molecule has 0 bridgehead atoms. The molecule has 1 fully saturated rings. The van der Waals surface area contributed by atoms with Gasteiger partial charge in [0.05, 0.1) is 0 Å². The maximum absolute atomic E-state index is 12.7. The van der Waals surface area contributed by atoms with Crippen molar-refractivity contribution in [3.05, 3.63) is 35.1 Å². The predicted octanol–water partition coefficient (Wildman–Crippen LogP) is 2.89. The van der Waals surface area contributed by atoms with Gasteiger partial charge in [-0.05, 0) is 38.2 Å². The van der Waals surface area contributed by atoms with Crippen molar-refractivity contribution in [3.63, 3.8) is 0 Å². The molecule has 0 unspecified atom stereocenters. The molecule has 4 nitrogen and oxygen atoms in total. The topological polar surface area (TPSA) is 53.7 Å². The van der Waals surface area contributed by atoms with Crippen LogP contribution in [0.3, 0.4) is 0 Å². The van der Waals surface area contributed by atoms with Crippen LogP contribution in [0.2, 0.25) is 0 Å². The summed E-state index contributed by atoms with van der Waals surface area (Å²) in [6.07, 6.45) is 1.72. The van der Waals surface area contributed by atoms with Crippen molar-refractivity contribution in [2.24, 2.45) is 5.92 Å². The van der Waals surface area contributed by atoms with E-state index >= 15 is 0 Å². The first-order valence-corrected chi connectivity index (χ1v) is 7.50. The van der Waals surface area contributed by atoms with Crippen LogP contribution < -0.4 is 0 Å². The van der Waals surface area contributed by atoms with Crippen LogP contribution in [0.1, 0.15) is 34.5 Å². The van der Waals surface area contributed by atoms with E-state index in [-0.39, 0.29) is 12.5 Å². The summed E-state index contributed by atoms with van der Waals surface area (Å²) in [5.74, 6) is 0.759. The van der Waals surface area contributed by atoms with Crippen molar-refractivity contribution < 1.29 is 14.3 Å². The molecule has 1 aromatic heterocycles. The second-order valence-electron chi connectivity index (χ2n) is 5.93. The number of carbonyl (C=O) groups excluding carboxylic acids is 1. The van der Waals surface area contributed by atoms with E-state index in [2.05, 4.69) is 0 Å². The average Bonchev–Trinajstić information content (AvgIpc) is 2.85. The number of amides is 1. The van der Waals surface area contributed by atoms with Crippen molar-refractivity contribution in [1.82, 2.24) is 4.90 Å². The van der Waals surface area contributed by atoms with E-state index in [4.69, 9.17) is 4.42 Å². The molecule has 1 aliphatic rings. The zero-order valence-electron chi connectivity index (χ0n) is 12.6. The first kappa shape index (κ1) is 14.1. The lowest BCUT2D eigenvalue weighted by molar-refractivity contribution is 0.0621. The highest BCUT2D eigenvalue weighted by atomic mass is 16.3. The fourth-order valence-corrected chi connectivity index (χ4v) is 3.05. The Kier molecular flexibility index (Phi) is 3.72. The Balaban J connectivity index is 1.89. The lowest BCUT2D eigenvalue weighted by Crippen LogP contribution is -2.39. The third-order valence-electron chi connectivity index (χ3n) is 4.51. The minimum absolute atomic E-state index is 0.0283. The molecular weight excluding hydrogens is 266 g/mol. The van der Waals surface area contributed by atoms with Crippen LogP contribution >= 0.6 is 0 Å². The third-order valence-corrected chi connectivity index (χ3v) is 4.51. The summed E-state index contributed by atoms with van der Waals surface area (Å²) in [4.78, 5) is 14.5. The number of piperidine rings is 1. The number of aliphatic hydroxyl groups excluding tert-OH is 1. The summed E-state index contributed by atoms with van der Waals surface area (Å²) in [5, 5.41) is 10.2. The van der Waals surface area contributed by atoms with Crippen LogP contribution in [-0.2, 0) is 0 Å². The van der Waals surface area contributed by atoms with E-state index in [9.17, 15) is 9.90 Å². The summed E-state index contributed by atoms with van der Waals surface area (Å²) in [7, 11) is 0. The van der Waals surface area contributed by atoms with Crippen LogP contribution in [0, 0.1) is 19.8 Å². The van der Waals surface area contributed by atoms with Gasteiger partial charge in [0, 0.05) is 30.6 Å². The molecule has 1 aromatic carbocycles. The Morgan fingerprint density at radius 3 is 2.67 bits per heavy atom. The number of fused-ring (bicyclic) bond motifs is 1. The van der Waals surface area contributed by atoms with Gasteiger partial charge in [0.1, 0.15) is 5.58 Å². The Morgan fingerprint density at radius 2 is 2.05 bits per heavy atom. The van der Waals surface area contributed by atoms with Gasteiger partial charge < -0.3 is 14.4 Å². The Morgan fingerprint density at radius 1 is 1.33 bits per heavy atom. The summed E-state index contributed by atoms with van der Waals surface area (Å²) >= 11 is 0. The summed E-state index contributed by atoms with van der Waals surface area (Å²) in [6.45, 7) is 5.54. The standard InChI is InChI=1S/C17H21NO3/c1-11-4-3-5-14-12(2)16(21-15(11)14)17(20)18-8-6-13(10-19)7-9-18/h3-5,13,19H,6-10H2,1-2H3. The van der Waals surface area contributed by atoms with Crippen molar-refractivity contribution in [2.75, 3.05) is 19.7 Å². The van der Waals surface area contributed by atoms with Gasteiger partial charge in [0.2, 0.25) is 0 Å². The van der Waals surface area contributed by atoms with Crippen molar-refractivity contribution in [1.29, 1.82) is 0 Å². The number of likely N-dealkylation sites (tertiary alicyclic amines) is 1. The van der Waals surface area contributed by atoms with Crippen molar-refractivity contribution in [2.45, 2.75) is 26.7 Å². The highest BCUT2D eigenvalue weighted by Gasteiger charge is 2.27. The molecule has 1 saturated heterocycles. The third kappa shape index (κ3) is 2.44. The highest BCUT2D eigenvalue weighted by Crippen LogP contribution is 2.29. The second kappa shape index (κ2) is 5.53. The minimum atomic E-state index is -0.0283. The van der Waals surface area contributed by atoms with Crippen molar-refractivity contribution in [3.8, 4) is 0 Å². The fourth-order valence-electron chi connectivity index (χ4n) is 3.05. The van der Waals surface area contributed by atoms with Crippen LogP contribution in [0.5, 0.6) is 0 Å². The van der Waals surface area contributed by atoms with Gasteiger partial charge in [-0.3, -0.25) is 4.79 Å². The smallest absolute Gasteiger partial charge is 0.289 e.